The first-order chi connectivity index (χ1) is 9.20. The van der Waals surface area contributed by atoms with Crippen LogP contribution < -0.4 is 10.1 Å². The molecule has 2 amide bonds. The van der Waals surface area contributed by atoms with Gasteiger partial charge in [0.2, 0.25) is 11.8 Å². The summed E-state index contributed by atoms with van der Waals surface area (Å²) in [6.07, 6.45) is 0.607. The van der Waals surface area contributed by atoms with Crippen LogP contribution in [0, 0.1) is 0 Å². The number of benzene rings is 1. The highest BCUT2D eigenvalue weighted by Crippen LogP contribution is 2.36. The van der Waals surface area contributed by atoms with Gasteiger partial charge >= 0.3 is 0 Å². The summed E-state index contributed by atoms with van der Waals surface area (Å²) in [6, 6.07) is 7.11. The zero-order valence-electron chi connectivity index (χ0n) is 10.8. The highest BCUT2D eigenvalue weighted by Gasteiger charge is 2.39. The lowest BCUT2D eigenvalue weighted by Crippen LogP contribution is -2.58. The zero-order valence-corrected chi connectivity index (χ0v) is 10.8. The largest absolute Gasteiger partial charge is 0.491 e. The summed E-state index contributed by atoms with van der Waals surface area (Å²) in [5, 5.41) is 2.72. The monoisotopic (exact) mass is 260 g/mol. The molecule has 1 aromatic rings. The van der Waals surface area contributed by atoms with Crippen molar-refractivity contribution < 1.29 is 14.3 Å². The summed E-state index contributed by atoms with van der Waals surface area (Å²) in [5.41, 5.74) is 0.986. The van der Waals surface area contributed by atoms with E-state index < -0.39 is 6.04 Å². The van der Waals surface area contributed by atoms with Crippen LogP contribution in [-0.2, 0) is 9.59 Å². The third-order valence-corrected chi connectivity index (χ3v) is 3.69. The first kappa shape index (κ1) is 12.0. The molecule has 19 heavy (non-hydrogen) atoms. The van der Waals surface area contributed by atoms with E-state index >= 15 is 0 Å². The van der Waals surface area contributed by atoms with Crippen LogP contribution in [0.1, 0.15) is 24.9 Å². The predicted octanol–water partition coefficient (Wildman–Crippen LogP) is 0.857. The second kappa shape index (κ2) is 4.57. The van der Waals surface area contributed by atoms with E-state index in [4.69, 9.17) is 4.74 Å². The van der Waals surface area contributed by atoms with Crippen molar-refractivity contribution in [3.8, 4) is 5.75 Å². The minimum atomic E-state index is -0.408. The predicted molar refractivity (Wildman–Crippen MR) is 68.6 cm³/mol. The molecule has 100 valence electrons. The van der Waals surface area contributed by atoms with Crippen molar-refractivity contribution in [3.05, 3.63) is 29.8 Å². The fourth-order valence-corrected chi connectivity index (χ4v) is 2.68. The summed E-state index contributed by atoms with van der Waals surface area (Å²) in [5.74, 6) is 0.683. The van der Waals surface area contributed by atoms with Crippen LogP contribution in [0.5, 0.6) is 5.75 Å². The van der Waals surface area contributed by atoms with E-state index in [2.05, 4.69) is 5.32 Å². The van der Waals surface area contributed by atoms with E-state index in [1.54, 1.807) is 4.90 Å². The van der Waals surface area contributed by atoms with Crippen LogP contribution in [0.4, 0.5) is 0 Å². The topological polar surface area (TPSA) is 58.6 Å². The van der Waals surface area contributed by atoms with Crippen LogP contribution in [0.2, 0.25) is 0 Å². The van der Waals surface area contributed by atoms with Crippen LogP contribution in [-0.4, -0.2) is 35.9 Å². The van der Waals surface area contributed by atoms with E-state index in [0.717, 1.165) is 11.3 Å². The van der Waals surface area contributed by atoms with Gasteiger partial charge in [0.05, 0.1) is 6.04 Å². The maximum atomic E-state index is 12.4. The Morgan fingerprint density at radius 2 is 2.16 bits per heavy atom. The van der Waals surface area contributed by atoms with E-state index in [1.165, 1.54) is 0 Å². The van der Waals surface area contributed by atoms with Crippen molar-refractivity contribution in [2.45, 2.75) is 25.4 Å². The lowest BCUT2D eigenvalue weighted by Gasteiger charge is -2.35. The molecule has 2 unspecified atom stereocenters. The molecule has 0 radical (unpaired) electrons. The molecule has 1 saturated heterocycles. The first-order valence-electron chi connectivity index (χ1n) is 6.52. The summed E-state index contributed by atoms with van der Waals surface area (Å²) < 4.78 is 5.59. The Morgan fingerprint density at radius 1 is 1.37 bits per heavy atom. The van der Waals surface area contributed by atoms with Crippen molar-refractivity contribution in [3.63, 3.8) is 0 Å². The Hall–Kier alpha value is -2.04. The highest BCUT2D eigenvalue weighted by molar-refractivity contribution is 5.95. The Morgan fingerprint density at radius 3 is 2.95 bits per heavy atom. The number of piperazine rings is 1. The van der Waals surface area contributed by atoms with Gasteiger partial charge in [-0.05, 0) is 12.5 Å². The fourth-order valence-electron chi connectivity index (χ4n) is 2.68. The van der Waals surface area contributed by atoms with E-state index in [1.807, 2.05) is 31.2 Å². The van der Waals surface area contributed by atoms with Crippen LogP contribution in [0.3, 0.4) is 0 Å². The lowest BCUT2D eigenvalue weighted by molar-refractivity contribution is -0.147. The molecular weight excluding hydrogens is 244 g/mol. The number of fused-ring (bicyclic) bond motifs is 1. The molecule has 1 fully saturated rings. The van der Waals surface area contributed by atoms with Gasteiger partial charge in [0, 0.05) is 5.56 Å². The zero-order chi connectivity index (χ0) is 13.4. The average Bonchev–Trinajstić information content (AvgIpc) is 2.85. The molecule has 0 aromatic heterocycles. The number of hydrogen-bond acceptors (Lipinski definition) is 3. The molecule has 0 saturated carbocycles. The first-order valence-corrected chi connectivity index (χ1v) is 6.52. The summed E-state index contributed by atoms with van der Waals surface area (Å²) >= 11 is 0. The van der Waals surface area contributed by atoms with Crippen molar-refractivity contribution >= 4 is 11.8 Å². The normalized spacial score (nSPS) is 25.8. The molecule has 0 bridgehead atoms. The molecule has 2 aliphatic heterocycles. The minimum absolute atomic E-state index is 0.0209. The standard InChI is InChI=1S/C14H16N2O3/c1-2-10-14(18)16(7-13(17)15-10)11-8-19-12-6-4-3-5-9(11)12/h3-6,10-11H,2,7-8H2,1H3,(H,15,17). The maximum Gasteiger partial charge on any atom is 0.246 e. The number of para-hydroxylation sites is 1. The molecule has 1 N–H and O–H groups in total. The quantitative estimate of drug-likeness (QED) is 0.858. The number of nitrogens with zero attached hydrogens (tertiary/aromatic N) is 1. The Balaban J connectivity index is 1.90. The Labute approximate surface area is 111 Å². The molecule has 3 rings (SSSR count). The summed E-state index contributed by atoms with van der Waals surface area (Å²) in [7, 11) is 0. The van der Waals surface area contributed by atoms with Gasteiger partial charge in [0.25, 0.3) is 0 Å². The second-order valence-corrected chi connectivity index (χ2v) is 4.86. The molecule has 5 heteroatoms. The molecule has 0 spiro atoms. The lowest BCUT2D eigenvalue weighted by atomic mass is 10.0. The van der Waals surface area contributed by atoms with Crippen molar-refractivity contribution in [2.24, 2.45) is 0 Å². The summed E-state index contributed by atoms with van der Waals surface area (Å²) in [4.78, 5) is 25.7. The molecule has 2 heterocycles. The third kappa shape index (κ3) is 1.95. The van der Waals surface area contributed by atoms with E-state index in [-0.39, 0.29) is 24.4 Å². The number of ether oxygens (including phenoxy) is 1. The van der Waals surface area contributed by atoms with Gasteiger partial charge in [0.15, 0.2) is 0 Å². The number of nitrogens with one attached hydrogen (secondary N) is 1. The fraction of sp³-hybridized carbons (Fsp3) is 0.429. The number of carbonyl (C=O) groups excluding carboxylic acids is 2. The molecule has 2 aliphatic rings. The molecule has 5 nitrogen and oxygen atoms in total. The van der Waals surface area contributed by atoms with E-state index in [9.17, 15) is 9.59 Å². The molecular formula is C14H16N2O3. The van der Waals surface area contributed by atoms with Crippen molar-refractivity contribution in [2.75, 3.05) is 13.2 Å². The summed E-state index contributed by atoms with van der Waals surface area (Å²) in [6.45, 7) is 2.43. The van der Waals surface area contributed by atoms with E-state index in [0.29, 0.717) is 13.0 Å². The van der Waals surface area contributed by atoms with Gasteiger partial charge in [0.1, 0.15) is 24.9 Å². The van der Waals surface area contributed by atoms with Crippen LogP contribution in [0.15, 0.2) is 24.3 Å². The molecule has 0 aliphatic carbocycles. The number of carbonyl (C=O) groups is 2. The SMILES string of the molecule is CCC1NC(=O)CN(C2COc3ccccc32)C1=O. The smallest absolute Gasteiger partial charge is 0.246 e. The number of hydrogen-bond donors (Lipinski definition) is 1. The van der Waals surface area contributed by atoms with Gasteiger partial charge in [-0.3, -0.25) is 9.59 Å². The van der Waals surface area contributed by atoms with Gasteiger partial charge < -0.3 is 15.0 Å². The molecule has 1 aromatic carbocycles. The van der Waals surface area contributed by atoms with Gasteiger partial charge in [-0.2, -0.15) is 0 Å². The van der Waals surface area contributed by atoms with Gasteiger partial charge in [-0.25, -0.2) is 0 Å². The third-order valence-electron chi connectivity index (χ3n) is 3.69. The maximum absolute atomic E-state index is 12.4. The van der Waals surface area contributed by atoms with Crippen LogP contribution >= 0.6 is 0 Å². The Kier molecular flexibility index (Phi) is 2.89. The second-order valence-electron chi connectivity index (χ2n) is 4.86. The van der Waals surface area contributed by atoms with Crippen molar-refractivity contribution in [1.82, 2.24) is 10.2 Å². The number of rotatable bonds is 2. The average molecular weight is 260 g/mol. The Bertz CT molecular complexity index is 529. The minimum Gasteiger partial charge on any atom is -0.491 e. The van der Waals surface area contributed by atoms with Gasteiger partial charge in [-0.1, -0.05) is 25.1 Å². The highest BCUT2D eigenvalue weighted by atomic mass is 16.5. The van der Waals surface area contributed by atoms with Crippen LogP contribution in [0.25, 0.3) is 0 Å². The van der Waals surface area contributed by atoms with Gasteiger partial charge in [-0.15, -0.1) is 0 Å². The number of amides is 2. The van der Waals surface area contributed by atoms with Crippen molar-refractivity contribution in [1.29, 1.82) is 0 Å². The molecule has 2 atom stereocenters.